The first-order chi connectivity index (χ1) is 9.60. The molecule has 6 heteroatoms. The van der Waals surface area contributed by atoms with Gasteiger partial charge in [-0.1, -0.05) is 0 Å². The molecule has 0 unspecified atom stereocenters. The Kier molecular flexibility index (Phi) is 10.4. The summed E-state index contributed by atoms with van der Waals surface area (Å²) < 4.78 is 11.0. The summed E-state index contributed by atoms with van der Waals surface area (Å²) in [4.78, 5) is 2.18. The topological polar surface area (TPSA) is 85.8 Å². The Morgan fingerprint density at radius 2 is 1.48 bits per heavy atom. The molecular formula is C15H36N4O2. The number of ether oxygens (including phenoxy) is 2. The second kappa shape index (κ2) is 10.5. The molecule has 0 aromatic heterocycles. The predicted molar refractivity (Wildman–Crippen MR) is 88.5 cm³/mol. The van der Waals surface area contributed by atoms with Gasteiger partial charge in [0, 0.05) is 37.3 Å². The standard InChI is InChI=1S/C15H36N4O2/c1-14(2,16)12-18-6-8-20-10-11-21-9-7-19(5)13-15(3,4)17/h18H,6-13,16-17H2,1-5H3. The van der Waals surface area contributed by atoms with Crippen molar-refractivity contribution < 1.29 is 9.47 Å². The summed E-state index contributed by atoms with van der Waals surface area (Å²) in [6.07, 6.45) is 0. The minimum atomic E-state index is -0.173. The van der Waals surface area contributed by atoms with Crippen molar-refractivity contribution in [2.24, 2.45) is 11.5 Å². The molecule has 5 N–H and O–H groups in total. The number of hydrogen-bond donors (Lipinski definition) is 3. The number of hydrogen-bond acceptors (Lipinski definition) is 6. The van der Waals surface area contributed by atoms with Crippen LogP contribution in [0.25, 0.3) is 0 Å². The molecule has 0 bridgehead atoms. The first-order valence-electron chi connectivity index (χ1n) is 7.73. The van der Waals surface area contributed by atoms with Gasteiger partial charge in [-0.3, -0.25) is 0 Å². The highest BCUT2D eigenvalue weighted by molar-refractivity contribution is 4.75. The molecule has 0 spiro atoms. The van der Waals surface area contributed by atoms with Gasteiger partial charge >= 0.3 is 0 Å². The second-order valence-electron chi connectivity index (χ2n) is 7.12. The van der Waals surface area contributed by atoms with E-state index in [1.165, 1.54) is 0 Å². The van der Waals surface area contributed by atoms with Gasteiger partial charge in [0.2, 0.25) is 0 Å². The first kappa shape index (κ1) is 20.8. The first-order valence-corrected chi connectivity index (χ1v) is 7.73. The van der Waals surface area contributed by atoms with E-state index in [1.807, 2.05) is 27.7 Å². The number of likely N-dealkylation sites (N-methyl/N-ethyl adjacent to an activating group) is 1. The van der Waals surface area contributed by atoms with E-state index < -0.39 is 0 Å². The molecule has 0 rings (SSSR count). The normalized spacial score (nSPS) is 13.1. The Hall–Kier alpha value is -0.240. The average molecular weight is 304 g/mol. The van der Waals surface area contributed by atoms with Crippen LogP contribution in [0.1, 0.15) is 27.7 Å². The van der Waals surface area contributed by atoms with Crippen LogP contribution in [0.4, 0.5) is 0 Å². The smallest absolute Gasteiger partial charge is 0.0701 e. The third kappa shape index (κ3) is 17.7. The van der Waals surface area contributed by atoms with E-state index in [0.717, 1.165) is 26.2 Å². The van der Waals surface area contributed by atoms with Crippen LogP contribution in [0.2, 0.25) is 0 Å². The fraction of sp³-hybridized carbons (Fsp3) is 1.00. The van der Waals surface area contributed by atoms with Crippen molar-refractivity contribution in [2.75, 3.05) is 59.7 Å². The summed E-state index contributed by atoms with van der Waals surface area (Å²) in [5.41, 5.74) is 11.5. The van der Waals surface area contributed by atoms with Crippen molar-refractivity contribution in [1.29, 1.82) is 0 Å². The summed E-state index contributed by atoms with van der Waals surface area (Å²) in [7, 11) is 2.05. The van der Waals surface area contributed by atoms with E-state index in [2.05, 4.69) is 17.3 Å². The van der Waals surface area contributed by atoms with Crippen molar-refractivity contribution in [2.45, 2.75) is 38.8 Å². The van der Waals surface area contributed by atoms with E-state index in [9.17, 15) is 0 Å². The summed E-state index contributed by atoms with van der Waals surface area (Å²) >= 11 is 0. The van der Waals surface area contributed by atoms with Gasteiger partial charge in [0.25, 0.3) is 0 Å². The molecule has 0 aromatic rings. The Morgan fingerprint density at radius 1 is 0.905 bits per heavy atom. The van der Waals surface area contributed by atoms with E-state index in [1.54, 1.807) is 0 Å². The van der Waals surface area contributed by atoms with Crippen LogP contribution < -0.4 is 16.8 Å². The lowest BCUT2D eigenvalue weighted by atomic mass is 10.1. The molecule has 0 saturated carbocycles. The minimum Gasteiger partial charge on any atom is -0.378 e. The van der Waals surface area contributed by atoms with Crippen molar-refractivity contribution in [3.05, 3.63) is 0 Å². The maximum Gasteiger partial charge on any atom is 0.0701 e. The molecular weight excluding hydrogens is 268 g/mol. The molecule has 0 aliphatic rings. The zero-order valence-electron chi connectivity index (χ0n) is 14.6. The van der Waals surface area contributed by atoms with Gasteiger partial charge in [0.05, 0.1) is 26.4 Å². The lowest BCUT2D eigenvalue weighted by Crippen LogP contribution is -2.44. The van der Waals surface area contributed by atoms with Crippen LogP contribution in [-0.2, 0) is 9.47 Å². The largest absolute Gasteiger partial charge is 0.378 e. The molecule has 0 heterocycles. The maximum atomic E-state index is 5.96. The van der Waals surface area contributed by atoms with Crippen LogP contribution >= 0.6 is 0 Å². The molecule has 0 radical (unpaired) electrons. The van der Waals surface area contributed by atoms with Gasteiger partial charge in [0.1, 0.15) is 0 Å². The van der Waals surface area contributed by atoms with Crippen LogP contribution in [0.3, 0.4) is 0 Å². The molecule has 0 saturated heterocycles. The monoisotopic (exact) mass is 304 g/mol. The highest BCUT2D eigenvalue weighted by Gasteiger charge is 2.13. The lowest BCUT2D eigenvalue weighted by Gasteiger charge is -2.26. The molecule has 0 fully saturated rings. The SMILES string of the molecule is CN(CCOCCOCCNCC(C)(C)N)CC(C)(C)N. The average Bonchev–Trinajstić information content (AvgIpc) is 2.27. The van der Waals surface area contributed by atoms with Gasteiger partial charge in [-0.15, -0.1) is 0 Å². The van der Waals surface area contributed by atoms with Gasteiger partial charge < -0.3 is 31.2 Å². The third-order valence-electron chi connectivity index (χ3n) is 2.67. The Labute approximate surface area is 130 Å². The van der Waals surface area contributed by atoms with Crippen molar-refractivity contribution in [3.63, 3.8) is 0 Å². The van der Waals surface area contributed by atoms with Crippen LogP contribution in [0, 0.1) is 0 Å². The minimum absolute atomic E-state index is 0.164. The van der Waals surface area contributed by atoms with Gasteiger partial charge in [-0.25, -0.2) is 0 Å². The van der Waals surface area contributed by atoms with Crippen LogP contribution in [-0.4, -0.2) is 75.6 Å². The molecule has 21 heavy (non-hydrogen) atoms. The van der Waals surface area contributed by atoms with E-state index in [-0.39, 0.29) is 11.1 Å². The Bertz CT molecular complexity index is 249. The quantitative estimate of drug-likeness (QED) is 0.416. The van der Waals surface area contributed by atoms with E-state index in [0.29, 0.717) is 26.4 Å². The summed E-state index contributed by atoms with van der Waals surface area (Å²) in [6, 6.07) is 0. The third-order valence-corrected chi connectivity index (χ3v) is 2.67. The molecule has 6 nitrogen and oxygen atoms in total. The highest BCUT2D eigenvalue weighted by atomic mass is 16.5. The highest BCUT2D eigenvalue weighted by Crippen LogP contribution is 1.98. The second-order valence-corrected chi connectivity index (χ2v) is 7.12. The van der Waals surface area contributed by atoms with Gasteiger partial charge in [-0.05, 0) is 34.7 Å². The number of nitrogens with two attached hydrogens (primary N) is 2. The summed E-state index contributed by atoms with van der Waals surface area (Å²) in [5.74, 6) is 0. The predicted octanol–water partition coefficient (Wildman–Crippen LogP) is 0.0156. The molecule has 0 aliphatic heterocycles. The number of nitrogens with one attached hydrogen (secondary N) is 1. The fourth-order valence-corrected chi connectivity index (χ4v) is 1.87. The maximum absolute atomic E-state index is 5.96. The van der Waals surface area contributed by atoms with Gasteiger partial charge in [0.15, 0.2) is 0 Å². The molecule has 0 atom stereocenters. The number of rotatable bonds is 13. The molecule has 128 valence electrons. The van der Waals surface area contributed by atoms with E-state index >= 15 is 0 Å². The van der Waals surface area contributed by atoms with E-state index in [4.69, 9.17) is 20.9 Å². The summed E-state index contributed by atoms with van der Waals surface area (Å²) in [5, 5.41) is 3.25. The van der Waals surface area contributed by atoms with Crippen molar-refractivity contribution >= 4 is 0 Å². The zero-order chi connectivity index (χ0) is 16.4. The molecule has 0 amide bonds. The number of nitrogens with zero attached hydrogens (tertiary/aromatic N) is 1. The van der Waals surface area contributed by atoms with Crippen LogP contribution in [0.5, 0.6) is 0 Å². The Balaban J connectivity index is 3.26. The van der Waals surface area contributed by atoms with Crippen molar-refractivity contribution in [3.8, 4) is 0 Å². The van der Waals surface area contributed by atoms with Crippen molar-refractivity contribution in [1.82, 2.24) is 10.2 Å². The molecule has 0 aromatic carbocycles. The van der Waals surface area contributed by atoms with Gasteiger partial charge in [-0.2, -0.15) is 0 Å². The van der Waals surface area contributed by atoms with Crippen LogP contribution in [0.15, 0.2) is 0 Å². The Morgan fingerprint density at radius 3 is 2.00 bits per heavy atom. The summed E-state index contributed by atoms with van der Waals surface area (Å²) in [6.45, 7) is 14.0. The molecule has 0 aliphatic carbocycles. The lowest BCUT2D eigenvalue weighted by molar-refractivity contribution is 0.0404. The fourth-order valence-electron chi connectivity index (χ4n) is 1.87. The zero-order valence-corrected chi connectivity index (χ0v) is 14.6.